The first kappa shape index (κ1) is 11.0. The minimum Gasteiger partial charge on any atom is -0.272 e. The molecule has 2 rings (SSSR count). The maximum Gasteiger partial charge on any atom is 0.256 e. The summed E-state index contributed by atoms with van der Waals surface area (Å²) in [4.78, 5) is 12.1. The van der Waals surface area contributed by atoms with Crippen molar-refractivity contribution in [3.8, 4) is 0 Å². The fourth-order valence-electron chi connectivity index (χ4n) is 1.70. The molecule has 0 saturated heterocycles. The van der Waals surface area contributed by atoms with Gasteiger partial charge >= 0.3 is 0 Å². The van der Waals surface area contributed by atoms with Gasteiger partial charge in [-0.15, -0.1) is 23.2 Å². The zero-order valence-electron chi connectivity index (χ0n) is 8.84. The first-order chi connectivity index (χ1) is 6.78. The number of hydrogen-bond donors (Lipinski definition) is 0. The van der Waals surface area contributed by atoms with E-state index in [4.69, 9.17) is 23.2 Å². The Bertz CT molecular complexity index is 439. The van der Waals surface area contributed by atoms with Gasteiger partial charge in [0.25, 0.3) is 5.91 Å². The Morgan fingerprint density at radius 3 is 2.40 bits per heavy atom. The fourth-order valence-corrected chi connectivity index (χ4v) is 2.40. The second-order valence-corrected chi connectivity index (χ2v) is 5.84. The van der Waals surface area contributed by atoms with E-state index >= 15 is 0 Å². The van der Waals surface area contributed by atoms with Crippen LogP contribution in [0.2, 0.25) is 0 Å². The summed E-state index contributed by atoms with van der Waals surface area (Å²) in [5.74, 6) is -0.127. The molecule has 0 aliphatic heterocycles. The molecule has 0 radical (unpaired) electrons. The molecule has 5 heteroatoms. The van der Waals surface area contributed by atoms with Crippen LogP contribution in [-0.2, 0) is 0 Å². The molecule has 1 heterocycles. The highest BCUT2D eigenvalue weighted by atomic mass is 35.5. The minimum absolute atomic E-state index is 0.127. The van der Waals surface area contributed by atoms with Gasteiger partial charge < -0.3 is 0 Å². The van der Waals surface area contributed by atoms with Crippen molar-refractivity contribution in [3.63, 3.8) is 0 Å². The molecule has 0 amide bonds. The van der Waals surface area contributed by atoms with Gasteiger partial charge in [-0.05, 0) is 33.3 Å². The van der Waals surface area contributed by atoms with Crippen LogP contribution >= 0.6 is 23.2 Å². The summed E-state index contributed by atoms with van der Waals surface area (Å²) in [7, 11) is 0. The summed E-state index contributed by atoms with van der Waals surface area (Å²) in [5, 5.41) is 4.13. The third-order valence-corrected chi connectivity index (χ3v) is 4.03. The van der Waals surface area contributed by atoms with Crippen LogP contribution in [-0.4, -0.2) is 20.0 Å². The van der Waals surface area contributed by atoms with Gasteiger partial charge in [0.1, 0.15) is 4.33 Å². The molecule has 3 nitrogen and oxygen atoms in total. The van der Waals surface area contributed by atoms with Crippen LogP contribution in [0.3, 0.4) is 0 Å². The van der Waals surface area contributed by atoms with Crippen molar-refractivity contribution in [2.45, 2.75) is 31.5 Å². The smallest absolute Gasteiger partial charge is 0.256 e. The molecule has 1 aliphatic carbocycles. The van der Waals surface area contributed by atoms with Crippen molar-refractivity contribution >= 4 is 29.1 Å². The van der Waals surface area contributed by atoms with Gasteiger partial charge in [-0.2, -0.15) is 5.10 Å². The van der Waals surface area contributed by atoms with E-state index < -0.39 is 9.75 Å². The molecule has 1 atom stereocenters. The summed E-state index contributed by atoms with van der Waals surface area (Å²) in [6.07, 6.45) is 0.486. The first-order valence-electron chi connectivity index (χ1n) is 4.74. The van der Waals surface area contributed by atoms with Crippen molar-refractivity contribution in [2.24, 2.45) is 5.41 Å². The molecule has 1 aromatic heterocycles. The monoisotopic (exact) mass is 246 g/mol. The zero-order valence-corrected chi connectivity index (χ0v) is 10.4. The number of carbonyl (C=O) groups is 1. The Morgan fingerprint density at radius 2 is 2.07 bits per heavy atom. The molecule has 0 aromatic carbocycles. The van der Waals surface area contributed by atoms with E-state index in [0.29, 0.717) is 6.42 Å². The van der Waals surface area contributed by atoms with Crippen LogP contribution in [0.4, 0.5) is 0 Å². The lowest BCUT2D eigenvalue weighted by Gasteiger charge is -2.11. The summed E-state index contributed by atoms with van der Waals surface area (Å²) in [6, 6.07) is 1.85. The number of carbonyl (C=O) groups excluding carboxylic acids is 1. The van der Waals surface area contributed by atoms with Crippen LogP contribution < -0.4 is 0 Å². The van der Waals surface area contributed by atoms with Crippen LogP contribution in [0.5, 0.6) is 0 Å². The molecular weight excluding hydrogens is 235 g/mol. The first-order valence-corrected chi connectivity index (χ1v) is 5.49. The Morgan fingerprint density at radius 1 is 1.53 bits per heavy atom. The van der Waals surface area contributed by atoms with E-state index in [9.17, 15) is 4.79 Å². The molecule has 0 bridgehead atoms. The van der Waals surface area contributed by atoms with E-state index in [1.54, 1.807) is 6.92 Å². The van der Waals surface area contributed by atoms with Gasteiger partial charge in [-0.25, -0.2) is 4.68 Å². The zero-order chi connectivity index (χ0) is 11.4. The molecule has 0 N–H and O–H groups in total. The summed E-state index contributed by atoms with van der Waals surface area (Å²) >= 11 is 11.9. The Balaban J connectivity index is 2.35. The highest BCUT2D eigenvalue weighted by Gasteiger charge is 2.68. The second-order valence-electron chi connectivity index (χ2n) is 4.36. The van der Waals surface area contributed by atoms with Crippen molar-refractivity contribution in [2.75, 3.05) is 0 Å². The summed E-state index contributed by atoms with van der Waals surface area (Å²) in [6.45, 7) is 5.46. The van der Waals surface area contributed by atoms with E-state index in [0.717, 1.165) is 11.4 Å². The van der Waals surface area contributed by atoms with Crippen LogP contribution in [0.15, 0.2) is 6.07 Å². The largest absolute Gasteiger partial charge is 0.272 e. The molecule has 1 saturated carbocycles. The average Bonchev–Trinajstić information content (AvgIpc) is 2.46. The number of alkyl halides is 2. The van der Waals surface area contributed by atoms with Crippen LogP contribution in [0.25, 0.3) is 0 Å². The Kier molecular flexibility index (Phi) is 2.18. The van der Waals surface area contributed by atoms with Crippen LogP contribution in [0, 0.1) is 19.3 Å². The van der Waals surface area contributed by atoms with E-state index in [2.05, 4.69) is 5.10 Å². The number of hydrogen-bond acceptors (Lipinski definition) is 2. The minimum atomic E-state index is -0.934. The third-order valence-electron chi connectivity index (χ3n) is 2.93. The van der Waals surface area contributed by atoms with Crippen molar-refractivity contribution in [1.29, 1.82) is 0 Å². The lowest BCUT2D eigenvalue weighted by Crippen LogP contribution is -2.26. The van der Waals surface area contributed by atoms with Gasteiger partial charge in [0.05, 0.1) is 11.1 Å². The Labute approximate surface area is 98.4 Å². The van der Waals surface area contributed by atoms with Crippen molar-refractivity contribution in [1.82, 2.24) is 9.78 Å². The maximum absolute atomic E-state index is 12.1. The molecule has 82 valence electrons. The predicted octanol–water partition coefficient (Wildman–Crippen LogP) is 2.72. The maximum atomic E-state index is 12.1. The second kappa shape index (κ2) is 2.98. The molecular formula is C10H12Cl2N2O. The molecule has 0 unspecified atom stereocenters. The van der Waals surface area contributed by atoms with Crippen molar-refractivity contribution in [3.05, 3.63) is 17.5 Å². The molecule has 15 heavy (non-hydrogen) atoms. The lowest BCUT2D eigenvalue weighted by atomic mass is 10.1. The summed E-state index contributed by atoms with van der Waals surface area (Å²) < 4.78 is 0.457. The quantitative estimate of drug-likeness (QED) is 0.715. The van der Waals surface area contributed by atoms with Gasteiger partial charge in [0, 0.05) is 5.69 Å². The third kappa shape index (κ3) is 1.49. The van der Waals surface area contributed by atoms with E-state index in [-0.39, 0.29) is 5.91 Å². The number of rotatable bonds is 1. The van der Waals surface area contributed by atoms with Gasteiger partial charge in [-0.1, -0.05) is 0 Å². The normalized spacial score (nSPS) is 27.8. The lowest BCUT2D eigenvalue weighted by molar-refractivity contribution is 0.0803. The number of aromatic nitrogens is 2. The Hall–Kier alpha value is -0.540. The number of halogens is 2. The highest BCUT2D eigenvalue weighted by molar-refractivity contribution is 6.53. The molecule has 1 aromatic rings. The van der Waals surface area contributed by atoms with Gasteiger partial charge in [0.15, 0.2) is 0 Å². The average molecular weight is 247 g/mol. The van der Waals surface area contributed by atoms with E-state index in [1.165, 1.54) is 4.68 Å². The standard InChI is InChI=1S/C10H12Cl2N2O/c1-6-4-7(2)14(13-6)8(15)9(3)5-10(9,11)12/h4H,5H2,1-3H3/t9-/m1/s1. The number of aryl methyl sites for hydroxylation is 2. The van der Waals surface area contributed by atoms with Gasteiger partial charge in [0.2, 0.25) is 0 Å². The highest BCUT2D eigenvalue weighted by Crippen LogP contribution is 2.64. The fraction of sp³-hybridized carbons (Fsp3) is 0.600. The van der Waals surface area contributed by atoms with Crippen molar-refractivity contribution < 1.29 is 4.79 Å². The van der Waals surface area contributed by atoms with E-state index in [1.807, 2.05) is 19.9 Å². The van der Waals surface area contributed by atoms with Crippen LogP contribution in [0.1, 0.15) is 29.5 Å². The molecule has 0 spiro atoms. The number of nitrogens with zero attached hydrogens (tertiary/aromatic N) is 2. The topological polar surface area (TPSA) is 34.9 Å². The molecule has 1 fully saturated rings. The summed E-state index contributed by atoms with van der Waals surface area (Å²) in [5.41, 5.74) is 0.939. The predicted molar refractivity (Wildman–Crippen MR) is 59.5 cm³/mol. The SMILES string of the molecule is Cc1cc(C)n(C(=O)[C@@]2(C)CC2(Cl)Cl)n1. The van der Waals surface area contributed by atoms with Gasteiger partial charge in [-0.3, -0.25) is 4.79 Å². The molecule has 1 aliphatic rings.